The third-order valence-electron chi connectivity index (χ3n) is 2.71. The number of esters is 1. The van der Waals surface area contributed by atoms with E-state index in [9.17, 15) is 9.59 Å². The summed E-state index contributed by atoms with van der Waals surface area (Å²) in [6.45, 7) is 1.76. The maximum Gasteiger partial charge on any atom is 0.331 e. The van der Waals surface area contributed by atoms with Crippen LogP contribution in [0.2, 0.25) is 0 Å². The third kappa shape index (κ3) is 3.29. The van der Waals surface area contributed by atoms with Gasteiger partial charge in [0.05, 0.1) is 0 Å². The number of nitrogens with zero attached hydrogens (tertiary/aromatic N) is 3. The number of rotatable bonds is 4. The van der Waals surface area contributed by atoms with E-state index in [1.54, 1.807) is 24.3 Å². The van der Waals surface area contributed by atoms with Gasteiger partial charge in [0.2, 0.25) is 4.96 Å². The van der Waals surface area contributed by atoms with Crippen molar-refractivity contribution in [2.24, 2.45) is 0 Å². The first kappa shape index (κ1) is 14.6. The predicted octanol–water partition coefficient (Wildman–Crippen LogP) is 2.28. The van der Waals surface area contributed by atoms with Crippen LogP contribution in [0, 0.1) is 6.92 Å². The normalized spacial score (nSPS) is 11.3. The average molecular weight is 333 g/mol. The van der Waals surface area contributed by atoms with E-state index in [2.05, 4.69) is 10.1 Å². The molecule has 0 aliphatic rings. The monoisotopic (exact) mass is 333 g/mol. The molecule has 3 aromatic heterocycles. The second-order valence-corrected chi connectivity index (χ2v) is 6.24. The highest BCUT2D eigenvalue weighted by Crippen LogP contribution is 2.13. The second-order valence-electron chi connectivity index (χ2n) is 4.42. The van der Waals surface area contributed by atoms with Crippen molar-refractivity contribution >= 4 is 39.7 Å². The lowest BCUT2D eigenvalue weighted by atomic mass is 10.3. The van der Waals surface area contributed by atoms with Crippen molar-refractivity contribution < 1.29 is 9.53 Å². The second kappa shape index (κ2) is 6.20. The van der Waals surface area contributed by atoms with Gasteiger partial charge in [-0.15, -0.1) is 0 Å². The van der Waals surface area contributed by atoms with Gasteiger partial charge in [0.1, 0.15) is 6.61 Å². The molecule has 0 radical (unpaired) electrons. The maximum absolute atomic E-state index is 11.7. The van der Waals surface area contributed by atoms with Crippen LogP contribution in [0.3, 0.4) is 0 Å². The minimum absolute atomic E-state index is 0.0132. The van der Waals surface area contributed by atoms with Gasteiger partial charge in [-0.25, -0.2) is 9.78 Å². The molecule has 3 rings (SSSR count). The number of ether oxygens (including phenoxy) is 1. The van der Waals surface area contributed by atoms with Gasteiger partial charge in [-0.2, -0.15) is 21.0 Å². The molecular weight excluding hydrogens is 322 g/mol. The van der Waals surface area contributed by atoms with E-state index in [0.29, 0.717) is 15.7 Å². The van der Waals surface area contributed by atoms with E-state index in [0.717, 1.165) is 5.56 Å². The van der Waals surface area contributed by atoms with Gasteiger partial charge < -0.3 is 4.74 Å². The molecule has 0 bridgehead atoms. The highest BCUT2D eigenvalue weighted by molar-refractivity contribution is 7.16. The first-order valence-electron chi connectivity index (χ1n) is 6.35. The van der Waals surface area contributed by atoms with Crippen LogP contribution < -0.4 is 5.56 Å². The lowest BCUT2D eigenvalue weighted by Crippen LogP contribution is -2.14. The SMILES string of the molecule is Cc1cc(=O)n2nc(COC(=O)/C=C/c3ccsc3)sc2n1. The van der Waals surface area contributed by atoms with Crippen LogP contribution >= 0.6 is 22.7 Å². The van der Waals surface area contributed by atoms with E-state index in [1.165, 1.54) is 28.0 Å². The zero-order valence-electron chi connectivity index (χ0n) is 11.6. The Labute approximate surface area is 133 Å². The number of hydrogen-bond acceptors (Lipinski definition) is 7. The fourth-order valence-corrected chi connectivity index (χ4v) is 3.22. The Morgan fingerprint density at radius 1 is 1.50 bits per heavy atom. The van der Waals surface area contributed by atoms with Crippen molar-refractivity contribution in [3.8, 4) is 0 Å². The van der Waals surface area contributed by atoms with E-state index in [-0.39, 0.29) is 12.2 Å². The molecule has 0 N–H and O–H groups in total. The van der Waals surface area contributed by atoms with Crippen LogP contribution in [0.15, 0.2) is 33.8 Å². The molecular formula is C14H11N3O3S2. The molecule has 3 heterocycles. The van der Waals surface area contributed by atoms with E-state index in [1.807, 2.05) is 16.8 Å². The predicted molar refractivity (Wildman–Crippen MR) is 85.0 cm³/mol. The molecule has 0 aliphatic carbocycles. The molecule has 0 saturated carbocycles. The van der Waals surface area contributed by atoms with Gasteiger partial charge in [-0.1, -0.05) is 11.3 Å². The highest BCUT2D eigenvalue weighted by Gasteiger charge is 2.09. The zero-order chi connectivity index (χ0) is 15.5. The van der Waals surface area contributed by atoms with Crippen LogP contribution in [0.1, 0.15) is 16.3 Å². The number of aryl methyl sites for hydroxylation is 1. The molecule has 0 atom stereocenters. The Morgan fingerprint density at radius 2 is 2.36 bits per heavy atom. The summed E-state index contributed by atoms with van der Waals surface area (Å²) in [5.74, 6) is -0.457. The van der Waals surface area contributed by atoms with Crippen molar-refractivity contribution in [2.45, 2.75) is 13.5 Å². The van der Waals surface area contributed by atoms with Crippen molar-refractivity contribution in [1.82, 2.24) is 14.6 Å². The average Bonchev–Trinajstić information content (AvgIpc) is 3.11. The first-order valence-corrected chi connectivity index (χ1v) is 8.11. The molecule has 3 aromatic rings. The molecule has 6 nitrogen and oxygen atoms in total. The summed E-state index contributed by atoms with van der Waals surface area (Å²) in [5.41, 5.74) is 1.35. The molecule has 22 heavy (non-hydrogen) atoms. The summed E-state index contributed by atoms with van der Waals surface area (Å²) < 4.78 is 6.32. The standard InChI is InChI=1S/C14H11N3O3S2/c1-9-6-12(18)17-14(15-9)22-11(16-17)7-20-13(19)3-2-10-4-5-21-8-10/h2-6,8H,7H2,1H3/b3-2+. The molecule has 8 heteroatoms. The van der Waals surface area contributed by atoms with Crippen molar-refractivity contribution in [1.29, 1.82) is 0 Å². The summed E-state index contributed by atoms with van der Waals surface area (Å²) in [7, 11) is 0. The molecule has 0 aliphatic heterocycles. The van der Waals surface area contributed by atoms with Crippen molar-refractivity contribution in [3.05, 3.63) is 55.6 Å². The number of thiophene rings is 1. The van der Waals surface area contributed by atoms with Crippen LogP contribution in [-0.2, 0) is 16.1 Å². The lowest BCUT2D eigenvalue weighted by molar-refractivity contribution is -0.138. The Kier molecular flexibility index (Phi) is 4.12. The summed E-state index contributed by atoms with van der Waals surface area (Å²) in [4.78, 5) is 28.1. The summed E-state index contributed by atoms with van der Waals surface area (Å²) in [6.07, 6.45) is 3.05. The quantitative estimate of drug-likeness (QED) is 0.541. The number of fused-ring (bicyclic) bond motifs is 1. The maximum atomic E-state index is 11.7. The van der Waals surface area contributed by atoms with Crippen LogP contribution in [0.5, 0.6) is 0 Å². The van der Waals surface area contributed by atoms with Gasteiger partial charge in [0.25, 0.3) is 5.56 Å². The van der Waals surface area contributed by atoms with Crippen LogP contribution in [0.4, 0.5) is 0 Å². The molecule has 0 amide bonds. The minimum Gasteiger partial charge on any atom is -0.455 e. The minimum atomic E-state index is -0.457. The summed E-state index contributed by atoms with van der Waals surface area (Å²) in [5, 5.41) is 8.47. The summed E-state index contributed by atoms with van der Waals surface area (Å²) >= 11 is 2.78. The van der Waals surface area contributed by atoms with Crippen LogP contribution in [-0.4, -0.2) is 20.6 Å². The van der Waals surface area contributed by atoms with Gasteiger partial charge in [-0.3, -0.25) is 4.79 Å². The largest absolute Gasteiger partial charge is 0.455 e. The topological polar surface area (TPSA) is 73.6 Å². The zero-order valence-corrected chi connectivity index (χ0v) is 13.2. The smallest absolute Gasteiger partial charge is 0.331 e. The molecule has 0 spiro atoms. The van der Waals surface area contributed by atoms with E-state index >= 15 is 0 Å². The fraction of sp³-hybridized carbons (Fsp3) is 0.143. The third-order valence-corrected chi connectivity index (χ3v) is 4.29. The van der Waals surface area contributed by atoms with Crippen molar-refractivity contribution in [3.63, 3.8) is 0 Å². The van der Waals surface area contributed by atoms with Gasteiger partial charge in [0.15, 0.2) is 5.01 Å². The number of hydrogen-bond donors (Lipinski definition) is 0. The van der Waals surface area contributed by atoms with Gasteiger partial charge in [-0.05, 0) is 35.4 Å². The summed E-state index contributed by atoms with van der Waals surface area (Å²) in [6, 6.07) is 3.31. The van der Waals surface area contributed by atoms with Crippen molar-refractivity contribution in [2.75, 3.05) is 0 Å². The molecule has 112 valence electrons. The van der Waals surface area contributed by atoms with Crippen LogP contribution in [0.25, 0.3) is 11.0 Å². The Hall–Kier alpha value is -2.32. The number of aromatic nitrogens is 3. The Bertz CT molecular complexity index is 894. The Morgan fingerprint density at radius 3 is 3.14 bits per heavy atom. The van der Waals surface area contributed by atoms with Gasteiger partial charge >= 0.3 is 5.97 Å². The van der Waals surface area contributed by atoms with E-state index < -0.39 is 5.97 Å². The molecule has 0 saturated heterocycles. The molecule has 0 aromatic carbocycles. The van der Waals surface area contributed by atoms with Gasteiger partial charge in [0, 0.05) is 17.8 Å². The Balaban J connectivity index is 1.67. The highest BCUT2D eigenvalue weighted by atomic mass is 32.1. The van der Waals surface area contributed by atoms with E-state index in [4.69, 9.17) is 4.74 Å². The molecule has 0 fully saturated rings. The first-order chi connectivity index (χ1) is 10.6. The molecule has 0 unspecified atom stereocenters. The number of carbonyl (C=O) groups is 1. The number of carbonyl (C=O) groups excluding carboxylic acids is 1. The fourth-order valence-electron chi connectivity index (χ4n) is 1.73. The lowest BCUT2D eigenvalue weighted by Gasteiger charge is -1.96.